The van der Waals surface area contributed by atoms with Crippen LogP contribution < -0.4 is 0 Å². The van der Waals surface area contributed by atoms with E-state index in [4.69, 9.17) is 4.42 Å². The fourth-order valence-corrected chi connectivity index (χ4v) is 3.37. The zero-order valence-corrected chi connectivity index (χ0v) is 14.2. The summed E-state index contributed by atoms with van der Waals surface area (Å²) in [5.74, 6) is 1.65. The Labute approximate surface area is 148 Å². The van der Waals surface area contributed by atoms with Crippen molar-refractivity contribution >= 4 is 0 Å². The highest BCUT2D eigenvalue weighted by Gasteiger charge is 2.37. The summed E-state index contributed by atoms with van der Waals surface area (Å²) >= 11 is 0. The van der Waals surface area contributed by atoms with Gasteiger partial charge in [0, 0.05) is 19.0 Å². The molecule has 2 heterocycles. The van der Waals surface area contributed by atoms with Crippen LogP contribution >= 0.6 is 0 Å². The minimum Gasteiger partial charge on any atom is -0.424 e. The fraction of sp³-hybridized carbons (Fsp3) is 0.556. The SMILES string of the molecule is OC1(c2cccc(C(F)(F)F)c2)CCN(Cc2nnc(C3CC3)o2)CC1. The van der Waals surface area contributed by atoms with Gasteiger partial charge in [0.25, 0.3) is 0 Å². The van der Waals surface area contributed by atoms with Crippen LogP contribution in [0, 0.1) is 0 Å². The number of hydrogen-bond donors (Lipinski definition) is 1. The number of alkyl halides is 3. The maximum absolute atomic E-state index is 12.9. The molecule has 0 spiro atoms. The number of piperidine rings is 1. The lowest BCUT2D eigenvalue weighted by Gasteiger charge is -2.38. The van der Waals surface area contributed by atoms with E-state index in [0.717, 1.165) is 25.0 Å². The van der Waals surface area contributed by atoms with E-state index in [1.54, 1.807) is 6.07 Å². The third kappa shape index (κ3) is 3.61. The Balaban J connectivity index is 1.40. The Kier molecular flexibility index (Phi) is 4.27. The summed E-state index contributed by atoms with van der Waals surface area (Å²) in [6, 6.07) is 4.98. The molecule has 8 heteroatoms. The summed E-state index contributed by atoms with van der Waals surface area (Å²) in [5, 5.41) is 19.0. The van der Waals surface area contributed by atoms with Crippen molar-refractivity contribution in [2.24, 2.45) is 0 Å². The van der Waals surface area contributed by atoms with Crippen molar-refractivity contribution in [1.29, 1.82) is 0 Å². The third-order valence-electron chi connectivity index (χ3n) is 5.18. The van der Waals surface area contributed by atoms with Gasteiger partial charge in [0.15, 0.2) is 0 Å². The van der Waals surface area contributed by atoms with E-state index in [1.807, 2.05) is 0 Å². The average molecular weight is 367 g/mol. The van der Waals surface area contributed by atoms with Gasteiger partial charge in [0.1, 0.15) is 0 Å². The van der Waals surface area contributed by atoms with E-state index in [-0.39, 0.29) is 0 Å². The van der Waals surface area contributed by atoms with E-state index in [1.165, 1.54) is 6.07 Å². The van der Waals surface area contributed by atoms with Gasteiger partial charge >= 0.3 is 6.18 Å². The Morgan fingerprint density at radius 1 is 1.19 bits per heavy atom. The molecule has 2 aromatic rings. The van der Waals surface area contributed by atoms with Gasteiger partial charge in [-0.15, -0.1) is 10.2 Å². The van der Waals surface area contributed by atoms with Crippen molar-refractivity contribution in [1.82, 2.24) is 15.1 Å². The van der Waals surface area contributed by atoms with Crippen LogP contribution in [0.2, 0.25) is 0 Å². The van der Waals surface area contributed by atoms with Gasteiger partial charge in [-0.1, -0.05) is 12.1 Å². The summed E-state index contributed by atoms with van der Waals surface area (Å²) in [4.78, 5) is 2.08. The van der Waals surface area contributed by atoms with Crippen LogP contribution in [0.3, 0.4) is 0 Å². The molecular weight excluding hydrogens is 347 g/mol. The summed E-state index contributed by atoms with van der Waals surface area (Å²) in [7, 11) is 0. The molecule has 0 atom stereocenters. The Morgan fingerprint density at radius 2 is 1.92 bits per heavy atom. The molecule has 1 aromatic carbocycles. The smallest absolute Gasteiger partial charge is 0.416 e. The number of nitrogens with zero attached hydrogens (tertiary/aromatic N) is 3. The molecule has 1 saturated carbocycles. The van der Waals surface area contributed by atoms with Crippen LogP contribution in [-0.4, -0.2) is 33.3 Å². The van der Waals surface area contributed by atoms with Gasteiger partial charge in [-0.3, -0.25) is 4.90 Å². The van der Waals surface area contributed by atoms with Crippen molar-refractivity contribution in [2.45, 2.75) is 49.9 Å². The topological polar surface area (TPSA) is 62.4 Å². The lowest BCUT2D eigenvalue weighted by molar-refractivity contribution is -0.137. The minimum absolute atomic E-state index is 0.320. The first-order valence-electron chi connectivity index (χ1n) is 8.78. The van der Waals surface area contributed by atoms with Crippen molar-refractivity contribution < 1.29 is 22.7 Å². The molecule has 1 aliphatic heterocycles. The molecule has 5 nitrogen and oxygen atoms in total. The number of aromatic nitrogens is 2. The molecule has 0 amide bonds. The van der Waals surface area contributed by atoms with Crippen LogP contribution in [0.15, 0.2) is 28.7 Å². The first-order chi connectivity index (χ1) is 12.3. The van der Waals surface area contributed by atoms with Crippen LogP contribution in [0.1, 0.15) is 54.5 Å². The number of rotatable bonds is 4. The maximum Gasteiger partial charge on any atom is 0.416 e. The van der Waals surface area contributed by atoms with E-state index in [0.29, 0.717) is 55.7 Å². The Bertz CT molecular complexity index is 778. The molecule has 0 radical (unpaired) electrons. The molecule has 4 rings (SSSR count). The molecule has 1 saturated heterocycles. The fourth-order valence-electron chi connectivity index (χ4n) is 3.37. The van der Waals surface area contributed by atoms with Gasteiger partial charge in [0.05, 0.1) is 17.7 Å². The quantitative estimate of drug-likeness (QED) is 0.897. The molecule has 0 bridgehead atoms. The van der Waals surface area contributed by atoms with Crippen LogP contribution in [0.5, 0.6) is 0 Å². The molecule has 26 heavy (non-hydrogen) atoms. The van der Waals surface area contributed by atoms with Crippen molar-refractivity contribution in [3.63, 3.8) is 0 Å². The zero-order valence-electron chi connectivity index (χ0n) is 14.2. The molecule has 1 aromatic heterocycles. The molecule has 2 aliphatic rings. The van der Waals surface area contributed by atoms with Gasteiger partial charge in [-0.25, -0.2) is 0 Å². The maximum atomic E-state index is 12.9. The second-order valence-electron chi connectivity index (χ2n) is 7.19. The van der Waals surface area contributed by atoms with E-state index < -0.39 is 17.3 Å². The normalized spacial score (nSPS) is 21.1. The third-order valence-corrected chi connectivity index (χ3v) is 5.18. The molecular formula is C18H20F3N3O2. The van der Waals surface area contributed by atoms with Gasteiger partial charge in [-0.2, -0.15) is 13.2 Å². The Hall–Kier alpha value is -1.93. The van der Waals surface area contributed by atoms with Crippen molar-refractivity contribution in [3.05, 3.63) is 47.2 Å². The number of likely N-dealkylation sites (tertiary alicyclic amines) is 1. The average Bonchev–Trinajstić information content (AvgIpc) is 3.36. The summed E-state index contributed by atoms with van der Waals surface area (Å²) in [6.45, 7) is 1.60. The number of aliphatic hydroxyl groups is 1. The predicted octanol–water partition coefficient (Wildman–Crippen LogP) is 3.45. The first-order valence-corrected chi connectivity index (χ1v) is 8.78. The molecule has 140 valence electrons. The van der Waals surface area contributed by atoms with Crippen LogP contribution in [0.25, 0.3) is 0 Å². The highest BCUT2D eigenvalue weighted by Crippen LogP contribution is 2.39. The van der Waals surface area contributed by atoms with Crippen LogP contribution in [-0.2, 0) is 18.3 Å². The molecule has 2 fully saturated rings. The second kappa shape index (κ2) is 6.35. The number of hydrogen-bond acceptors (Lipinski definition) is 5. The Morgan fingerprint density at radius 3 is 2.58 bits per heavy atom. The molecule has 1 aliphatic carbocycles. The van der Waals surface area contributed by atoms with Gasteiger partial charge in [-0.05, 0) is 43.4 Å². The van der Waals surface area contributed by atoms with Crippen molar-refractivity contribution in [3.8, 4) is 0 Å². The molecule has 0 unspecified atom stereocenters. The number of benzene rings is 1. The van der Waals surface area contributed by atoms with Gasteiger partial charge in [0.2, 0.25) is 11.8 Å². The summed E-state index contributed by atoms with van der Waals surface area (Å²) in [6.07, 6.45) is -1.51. The van der Waals surface area contributed by atoms with E-state index >= 15 is 0 Å². The summed E-state index contributed by atoms with van der Waals surface area (Å²) in [5.41, 5.74) is -1.66. The lowest BCUT2D eigenvalue weighted by atomic mass is 9.84. The van der Waals surface area contributed by atoms with E-state index in [2.05, 4.69) is 15.1 Å². The predicted molar refractivity (Wildman–Crippen MR) is 86.1 cm³/mol. The van der Waals surface area contributed by atoms with Crippen LogP contribution in [0.4, 0.5) is 13.2 Å². The minimum atomic E-state index is -4.41. The molecule has 1 N–H and O–H groups in total. The van der Waals surface area contributed by atoms with Gasteiger partial charge < -0.3 is 9.52 Å². The highest BCUT2D eigenvalue weighted by atomic mass is 19.4. The largest absolute Gasteiger partial charge is 0.424 e. The second-order valence-corrected chi connectivity index (χ2v) is 7.19. The number of halogens is 3. The monoisotopic (exact) mass is 367 g/mol. The zero-order chi connectivity index (χ0) is 18.4. The summed E-state index contributed by atoms with van der Waals surface area (Å²) < 4.78 is 44.4. The highest BCUT2D eigenvalue weighted by molar-refractivity contribution is 5.30. The lowest BCUT2D eigenvalue weighted by Crippen LogP contribution is -2.42. The van der Waals surface area contributed by atoms with E-state index in [9.17, 15) is 18.3 Å². The first kappa shape index (κ1) is 17.5. The van der Waals surface area contributed by atoms with Crippen molar-refractivity contribution in [2.75, 3.05) is 13.1 Å². The standard InChI is InChI=1S/C18H20F3N3O2/c19-18(20,21)14-3-1-2-13(10-14)17(25)6-8-24(9-7-17)11-15-22-23-16(26-15)12-4-5-12/h1-3,10,12,25H,4-9,11H2.